The van der Waals surface area contributed by atoms with Crippen molar-refractivity contribution < 1.29 is 9.59 Å². The zero-order chi connectivity index (χ0) is 19.2. The largest absolute Gasteiger partial charge is 0.349 e. The van der Waals surface area contributed by atoms with Gasteiger partial charge in [0.15, 0.2) is 0 Å². The summed E-state index contributed by atoms with van der Waals surface area (Å²) in [5.74, 6) is -0.0687. The molecule has 2 amide bonds. The topological polar surface area (TPSA) is 76.0 Å². The fourth-order valence-electron chi connectivity index (χ4n) is 3.53. The standard InChI is InChI=1S/C21H28N4O2/c1-15-12-17(21(27)23-18-6-4-3-5-7-18)9-10-19(15)24-20(26)11-8-16-13-22-25(2)14-16/h9-10,12-14,18H,3-8,11H2,1-2H3,(H,23,27)(H,24,26). The number of hydrogen-bond donors (Lipinski definition) is 2. The van der Waals surface area contributed by atoms with Crippen LogP contribution in [0.15, 0.2) is 30.6 Å². The average molecular weight is 368 g/mol. The number of aryl methyl sites for hydroxylation is 3. The van der Waals surface area contributed by atoms with Crippen molar-refractivity contribution in [3.05, 3.63) is 47.3 Å². The molecule has 0 atom stereocenters. The van der Waals surface area contributed by atoms with Crippen molar-refractivity contribution in [3.8, 4) is 0 Å². The minimum Gasteiger partial charge on any atom is -0.349 e. The van der Waals surface area contributed by atoms with Crippen LogP contribution < -0.4 is 10.6 Å². The summed E-state index contributed by atoms with van der Waals surface area (Å²) in [5, 5.41) is 10.2. The molecule has 0 unspecified atom stereocenters. The Morgan fingerprint density at radius 2 is 2.00 bits per heavy atom. The first-order chi connectivity index (χ1) is 13.0. The minimum absolute atomic E-state index is 0.0283. The van der Waals surface area contributed by atoms with E-state index in [-0.39, 0.29) is 11.8 Å². The molecule has 144 valence electrons. The van der Waals surface area contributed by atoms with Gasteiger partial charge in [-0.25, -0.2) is 0 Å². The van der Waals surface area contributed by atoms with Gasteiger partial charge in [-0.1, -0.05) is 19.3 Å². The van der Waals surface area contributed by atoms with Crippen molar-refractivity contribution >= 4 is 17.5 Å². The normalized spacial score (nSPS) is 14.7. The number of carbonyl (C=O) groups excluding carboxylic acids is 2. The highest BCUT2D eigenvalue weighted by atomic mass is 16.2. The highest BCUT2D eigenvalue weighted by Crippen LogP contribution is 2.20. The summed E-state index contributed by atoms with van der Waals surface area (Å²) in [4.78, 5) is 24.7. The molecule has 1 aliphatic carbocycles. The molecule has 0 spiro atoms. The van der Waals surface area contributed by atoms with E-state index < -0.39 is 0 Å². The van der Waals surface area contributed by atoms with Crippen molar-refractivity contribution in [1.82, 2.24) is 15.1 Å². The maximum atomic E-state index is 12.5. The summed E-state index contributed by atoms with van der Waals surface area (Å²) in [6, 6.07) is 5.72. The van der Waals surface area contributed by atoms with Crippen molar-refractivity contribution in [2.45, 2.75) is 57.9 Å². The van der Waals surface area contributed by atoms with E-state index >= 15 is 0 Å². The Hall–Kier alpha value is -2.63. The molecule has 0 aliphatic heterocycles. The first-order valence-corrected chi connectivity index (χ1v) is 9.70. The molecule has 1 heterocycles. The Bertz CT molecular complexity index is 806. The van der Waals surface area contributed by atoms with E-state index in [2.05, 4.69) is 15.7 Å². The average Bonchev–Trinajstić information content (AvgIpc) is 3.08. The Labute approximate surface area is 160 Å². The molecule has 6 heteroatoms. The third-order valence-electron chi connectivity index (χ3n) is 5.10. The van der Waals surface area contributed by atoms with Crippen LogP contribution in [-0.2, 0) is 18.3 Å². The molecule has 0 saturated heterocycles. The number of anilines is 1. The monoisotopic (exact) mass is 368 g/mol. The van der Waals surface area contributed by atoms with Gasteiger partial charge in [0, 0.05) is 37.0 Å². The van der Waals surface area contributed by atoms with Crippen LogP contribution in [0, 0.1) is 6.92 Å². The van der Waals surface area contributed by atoms with Crippen LogP contribution in [-0.4, -0.2) is 27.6 Å². The third-order valence-corrected chi connectivity index (χ3v) is 5.10. The van der Waals surface area contributed by atoms with Gasteiger partial charge in [-0.15, -0.1) is 0 Å². The lowest BCUT2D eigenvalue weighted by Crippen LogP contribution is -2.36. The molecule has 1 aromatic heterocycles. The van der Waals surface area contributed by atoms with Gasteiger partial charge < -0.3 is 10.6 Å². The summed E-state index contributed by atoms with van der Waals surface area (Å²) in [5.41, 5.74) is 3.33. The van der Waals surface area contributed by atoms with E-state index in [1.165, 1.54) is 19.3 Å². The Morgan fingerprint density at radius 1 is 1.22 bits per heavy atom. The maximum absolute atomic E-state index is 12.5. The van der Waals surface area contributed by atoms with E-state index in [0.717, 1.165) is 29.7 Å². The Morgan fingerprint density at radius 3 is 2.67 bits per heavy atom. The minimum atomic E-state index is -0.0404. The van der Waals surface area contributed by atoms with Crippen molar-refractivity contribution in [2.24, 2.45) is 7.05 Å². The third kappa shape index (κ3) is 5.42. The number of carbonyl (C=O) groups is 2. The van der Waals surface area contributed by atoms with E-state index in [9.17, 15) is 9.59 Å². The van der Waals surface area contributed by atoms with E-state index in [1.54, 1.807) is 16.9 Å². The number of amides is 2. The molecular formula is C21H28N4O2. The molecule has 1 aliphatic rings. The SMILES string of the molecule is Cc1cc(C(=O)NC2CCCCC2)ccc1NC(=O)CCc1cnn(C)c1. The second kappa shape index (κ2) is 8.84. The van der Waals surface area contributed by atoms with Crippen LogP contribution in [0.4, 0.5) is 5.69 Å². The number of rotatable bonds is 6. The predicted octanol–water partition coefficient (Wildman–Crippen LogP) is 3.36. The van der Waals surface area contributed by atoms with Crippen LogP contribution in [0.5, 0.6) is 0 Å². The van der Waals surface area contributed by atoms with Gasteiger partial charge in [0.1, 0.15) is 0 Å². The van der Waals surface area contributed by atoms with Gasteiger partial charge in [0.25, 0.3) is 5.91 Å². The van der Waals surface area contributed by atoms with Gasteiger partial charge in [0.2, 0.25) is 5.91 Å². The number of hydrogen-bond acceptors (Lipinski definition) is 3. The number of benzene rings is 1. The highest BCUT2D eigenvalue weighted by Gasteiger charge is 2.17. The lowest BCUT2D eigenvalue weighted by molar-refractivity contribution is -0.116. The van der Waals surface area contributed by atoms with Gasteiger partial charge in [0.05, 0.1) is 6.20 Å². The van der Waals surface area contributed by atoms with Crippen molar-refractivity contribution in [2.75, 3.05) is 5.32 Å². The summed E-state index contributed by atoms with van der Waals surface area (Å²) >= 11 is 0. The fraction of sp³-hybridized carbons (Fsp3) is 0.476. The van der Waals surface area contributed by atoms with E-state index in [1.807, 2.05) is 32.3 Å². The summed E-state index contributed by atoms with van der Waals surface area (Å²) < 4.78 is 1.73. The molecule has 0 bridgehead atoms. The van der Waals surface area contributed by atoms with Crippen LogP contribution in [0.1, 0.15) is 60.0 Å². The molecule has 2 N–H and O–H groups in total. The predicted molar refractivity (Wildman–Crippen MR) is 106 cm³/mol. The molecule has 1 saturated carbocycles. The van der Waals surface area contributed by atoms with Crippen LogP contribution >= 0.6 is 0 Å². The lowest BCUT2D eigenvalue weighted by atomic mass is 9.95. The molecule has 2 aromatic rings. The van der Waals surface area contributed by atoms with Crippen molar-refractivity contribution in [1.29, 1.82) is 0 Å². The summed E-state index contributed by atoms with van der Waals surface area (Å²) in [7, 11) is 1.86. The van der Waals surface area contributed by atoms with Gasteiger partial charge in [-0.2, -0.15) is 5.10 Å². The molecule has 6 nitrogen and oxygen atoms in total. The summed E-state index contributed by atoms with van der Waals surface area (Å²) in [6.07, 6.45) is 10.5. The summed E-state index contributed by atoms with van der Waals surface area (Å²) in [6.45, 7) is 1.91. The van der Waals surface area contributed by atoms with Gasteiger partial charge >= 0.3 is 0 Å². The smallest absolute Gasteiger partial charge is 0.251 e. The van der Waals surface area contributed by atoms with Crippen molar-refractivity contribution in [3.63, 3.8) is 0 Å². The molecule has 3 rings (SSSR count). The molecular weight excluding hydrogens is 340 g/mol. The second-order valence-corrected chi connectivity index (χ2v) is 7.41. The Kier molecular flexibility index (Phi) is 6.27. The molecule has 1 fully saturated rings. The van der Waals surface area contributed by atoms with E-state index in [4.69, 9.17) is 0 Å². The van der Waals surface area contributed by atoms with Crippen LogP contribution in [0.3, 0.4) is 0 Å². The number of nitrogens with one attached hydrogen (secondary N) is 2. The zero-order valence-electron chi connectivity index (χ0n) is 16.1. The van der Waals surface area contributed by atoms with Crippen LogP contribution in [0.25, 0.3) is 0 Å². The number of aromatic nitrogens is 2. The van der Waals surface area contributed by atoms with E-state index in [0.29, 0.717) is 24.4 Å². The molecule has 27 heavy (non-hydrogen) atoms. The maximum Gasteiger partial charge on any atom is 0.251 e. The Balaban J connectivity index is 1.53. The first-order valence-electron chi connectivity index (χ1n) is 9.70. The van der Waals surface area contributed by atoms with Gasteiger partial charge in [-0.3, -0.25) is 14.3 Å². The number of nitrogens with zero attached hydrogens (tertiary/aromatic N) is 2. The fourth-order valence-corrected chi connectivity index (χ4v) is 3.53. The first kappa shape index (κ1) is 19.1. The molecule has 1 aromatic carbocycles. The zero-order valence-corrected chi connectivity index (χ0v) is 16.1. The van der Waals surface area contributed by atoms with Gasteiger partial charge in [-0.05, 0) is 55.5 Å². The van der Waals surface area contributed by atoms with Crippen LogP contribution in [0.2, 0.25) is 0 Å². The quantitative estimate of drug-likeness (QED) is 0.821. The highest BCUT2D eigenvalue weighted by molar-refractivity contribution is 5.96. The molecule has 0 radical (unpaired) electrons. The lowest BCUT2D eigenvalue weighted by Gasteiger charge is -2.23. The second-order valence-electron chi connectivity index (χ2n) is 7.41.